The first-order chi connectivity index (χ1) is 13.6. The minimum Gasteiger partial charge on any atom is -0.368 e. The Hall–Kier alpha value is -2.34. The van der Waals surface area contributed by atoms with Gasteiger partial charge >= 0.3 is 0 Å². The van der Waals surface area contributed by atoms with E-state index in [-0.39, 0.29) is 0 Å². The van der Waals surface area contributed by atoms with E-state index in [9.17, 15) is 0 Å². The van der Waals surface area contributed by atoms with Crippen LogP contribution in [0.5, 0.6) is 0 Å². The van der Waals surface area contributed by atoms with Crippen molar-refractivity contribution in [3.05, 3.63) is 45.9 Å². The molecule has 5 rings (SSSR count). The minimum absolute atomic E-state index is 0.751. The largest absolute Gasteiger partial charge is 0.368 e. The van der Waals surface area contributed by atoms with Gasteiger partial charge in [-0.05, 0) is 43.9 Å². The number of fused-ring (bicyclic) bond motifs is 2. The van der Waals surface area contributed by atoms with Crippen LogP contribution in [0.25, 0.3) is 5.78 Å². The van der Waals surface area contributed by atoms with E-state index in [1.165, 1.54) is 34.7 Å². The van der Waals surface area contributed by atoms with Crippen LogP contribution in [0, 0.1) is 6.92 Å². The lowest BCUT2D eigenvalue weighted by molar-refractivity contribution is 0.634. The third-order valence-corrected chi connectivity index (χ3v) is 6.17. The fraction of sp³-hybridized carbons (Fsp3) is 0.476. The number of benzene rings is 1. The zero-order chi connectivity index (χ0) is 19.3. The van der Waals surface area contributed by atoms with Crippen LogP contribution < -0.4 is 9.80 Å². The van der Waals surface area contributed by atoms with Gasteiger partial charge in [-0.2, -0.15) is 9.50 Å². The molecule has 1 aromatic carbocycles. The standard InChI is InChI=1S/C21H25ClN6/c1-3-19-24-21-23-17-6-4-5-16(17)20(28(21)25-19)27-11-9-26(10-12-27)18-13-15(22)8-7-14(18)2/h7-8,13H,3-6,9-12H2,1-2H3. The van der Waals surface area contributed by atoms with E-state index < -0.39 is 0 Å². The Bertz CT molecular complexity index is 1040. The minimum atomic E-state index is 0.751. The van der Waals surface area contributed by atoms with E-state index >= 15 is 0 Å². The van der Waals surface area contributed by atoms with Gasteiger partial charge in [-0.15, -0.1) is 5.10 Å². The van der Waals surface area contributed by atoms with E-state index in [2.05, 4.69) is 40.8 Å². The molecule has 0 N–H and O–H groups in total. The summed E-state index contributed by atoms with van der Waals surface area (Å²) >= 11 is 6.24. The van der Waals surface area contributed by atoms with Crippen molar-refractivity contribution < 1.29 is 0 Å². The second kappa shape index (κ2) is 6.92. The molecule has 2 aromatic heterocycles. The van der Waals surface area contributed by atoms with E-state index in [4.69, 9.17) is 21.7 Å². The van der Waals surface area contributed by atoms with E-state index in [0.717, 1.165) is 62.1 Å². The van der Waals surface area contributed by atoms with Gasteiger partial charge < -0.3 is 9.80 Å². The summed E-state index contributed by atoms with van der Waals surface area (Å²) in [6, 6.07) is 6.15. The first kappa shape index (κ1) is 17.7. The molecule has 28 heavy (non-hydrogen) atoms. The fourth-order valence-corrected chi connectivity index (χ4v) is 4.62. The molecule has 2 aliphatic rings. The summed E-state index contributed by atoms with van der Waals surface area (Å²) in [5.41, 5.74) is 5.10. The summed E-state index contributed by atoms with van der Waals surface area (Å²) in [5, 5.41) is 5.55. The Morgan fingerprint density at radius 2 is 1.82 bits per heavy atom. The first-order valence-electron chi connectivity index (χ1n) is 10.2. The van der Waals surface area contributed by atoms with Crippen molar-refractivity contribution in [3.8, 4) is 0 Å². The maximum atomic E-state index is 6.24. The summed E-state index contributed by atoms with van der Waals surface area (Å²) in [5.74, 6) is 2.83. The van der Waals surface area contributed by atoms with Crippen molar-refractivity contribution in [3.63, 3.8) is 0 Å². The molecule has 0 amide bonds. The van der Waals surface area contributed by atoms with Gasteiger partial charge in [-0.25, -0.2) is 4.98 Å². The highest BCUT2D eigenvalue weighted by Gasteiger charge is 2.28. The lowest BCUT2D eigenvalue weighted by atomic mass is 10.1. The van der Waals surface area contributed by atoms with Crippen LogP contribution in [0.3, 0.4) is 0 Å². The van der Waals surface area contributed by atoms with Crippen LogP contribution >= 0.6 is 11.6 Å². The quantitative estimate of drug-likeness (QED) is 0.678. The van der Waals surface area contributed by atoms with Gasteiger partial charge in [0.1, 0.15) is 5.82 Å². The molecule has 7 heteroatoms. The molecule has 3 aromatic rings. The highest BCUT2D eigenvalue weighted by atomic mass is 35.5. The maximum Gasteiger partial charge on any atom is 0.254 e. The number of aryl methyl sites for hydroxylation is 3. The summed E-state index contributed by atoms with van der Waals surface area (Å²) in [4.78, 5) is 14.4. The second-order valence-electron chi connectivity index (χ2n) is 7.71. The molecule has 0 radical (unpaired) electrons. The smallest absolute Gasteiger partial charge is 0.254 e. The Kier molecular flexibility index (Phi) is 4.38. The SMILES string of the molecule is CCc1nc2nc3c(c(N4CCN(c5cc(Cl)ccc5C)CC4)n2n1)CCC3. The Balaban J connectivity index is 1.47. The monoisotopic (exact) mass is 396 g/mol. The van der Waals surface area contributed by atoms with Crippen molar-refractivity contribution >= 4 is 28.9 Å². The number of anilines is 2. The van der Waals surface area contributed by atoms with Gasteiger partial charge in [0.05, 0.1) is 5.69 Å². The van der Waals surface area contributed by atoms with Crippen molar-refractivity contribution in [1.29, 1.82) is 0 Å². The zero-order valence-corrected chi connectivity index (χ0v) is 17.2. The zero-order valence-electron chi connectivity index (χ0n) is 16.5. The van der Waals surface area contributed by atoms with Gasteiger partial charge in [-0.1, -0.05) is 24.6 Å². The van der Waals surface area contributed by atoms with Crippen molar-refractivity contribution in [1.82, 2.24) is 19.6 Å². The normalized spacial score (nSPS) is 16.8. The molecule has 0 spiro atoms. The van der Waals surface area contributed by atoms with Crippen LogP contribution in [0.2, 0.25) is 5.02 Å². The number of nitrogens with zero attached hydrogens (tertiary/aromatic N) is 6. The summed E-state index contributed by atoms with van der Waals surface area (Å²) in [7, 11) is 0. The number of rotatable bonds is 3. The summed E-state index contributed by atoms with van der Waals surface area (Å²) < 4.78 is 1.99. The van der Waals surface area contributed by atoms with E-state index in [1.54, 1.807) is 0 Å². The molecule has 1 fully saturated rings. The van der Waals surface area contributed by atoms with E-state index in [0.29, 0.717) is 0 Å². The third kappa shape index (κ3) is 2.91. The van der Waals surface area contributed by atoms with Crippen LogP contribution in [-0.4, -0.2) is 45.8 Å². The van der Waals surface area contributed by atoms with Crippen molar-refractivity contribution in [2.45, 2.75) is 39.5 Å². The number of hydrogen-bond acceptors (Lipinski definition) is 5. The number of halogens is 1. The van der Waals surface area contributed by atoms with Crippen molar-refractivity contribution in [2.24, 2.45) is 0 Å². The van der Waals surface area contributed by atoms with Crippen molar-refractivity contribution in [2.75, 3.05) is 36.0 Å². The van der Waals surface area contributed by atoms with Gasteiger partial charge in [0.15, 0.2) is 5.82 Å². The molecule has 0 saturated carbocycles. The fourth-order valence-electron chi connectivity index (χ4n) is 4.46. The first-order valence-corrected chi connectivity index (χ1v) is 10.6. The van der Waals surface area contributed by atoms with Crippen LogP contribution in [0.1, 0.15) is 36.0 Å². The summed E-state index contributed by atoms with van der Waals surface area (Å²) in [6.45, 7) is 8.09. The molecule has 1 aliphatic carbocycles. The van der Waals surface area contributed by atoms with Gasteiger partial charge in [-0.3, -0.25) is 0 Å². The second-order valence-corrected chi connectivity index (χ2v) is 8.15. The molecule has 0 atom stereocenters. The molecular weight excluding hydrogens is 372 g/mol. The van der Waals surface area contributed by atoms with Gasteiger partial charge in [0, 0.05) is 48.9 Å². The predicted octanol–water partition coefficient (Wildman–Crippen LogP) is 3.46. The predicted molar refractivity (Wildman–Crippen MR) is 113 cm³/mol. The molecular formula is C21H25ClN6. The number of piperazine rings is 1. The van der Waals surface area contributed by atoms with Crippen LogP contribution in [0.15, 0.2) is 18.2 Å². The maximum absolute atomic E-state index is 6.24. The highest BCUT2D eigenvalue weighted by molar-refractivity contribution is 6.30. The number of hydrogen-bond donors (Lipinski definition) is 0. The average molecular weight is 397 g/mol. The van der Waals surface area contributed by atoms with Gasteiger partial charge in [0.2, 0.25) is 0 Å². The number of aromatic nitrogens is 4. The van der Waals surface area contributed by atoms with E-state index in [1.807, 2.05) is 10.6 Å². The van der Waals surface area contributed by atoms with Gasteiger partial charge in [0.25, 0.3) is 5.78 Å². The molecule has 3 heterocycles. The average Bonchev–Trinajstić information content (AvgIpc) is 3.34. The Labute approximate surface area is 170 Å². The lowest BCUT2D eigenvalue weighted by Crippen LogP contribution is -2.47. The highest BCUT2D eigenvalue weighted by Crippen LogP contribution is 2.32. The molecule has 0 unspecified atom stereocenters. The topological polar surface area (TPSA) is 49.6 Å². The Morgan fingerprint density at radius 1 is 1.04 bits per heavy atom. The summed E-state index contributed by atoms with van der Waals surface area (Å²) in [6.07, 6.45) is 4.14. The Morgan fingerprint density at radius 3 is 2.61 bits per heavy atom. The molecule has 146 valence electrons. The molecule has 1 saturated heterocycles. The molecule has 6 nitrogen and oxygen atoms in total. The lowest BCUT2D eigenvalue weighted by Gasteiger charge is -2.38. The molecule has 0 bridgehead atoms. The third-order valence-electron chi connectivity index (χ3n) is 5.94. The van der Waals surface area contributed by atoms with Crippen LogP contribution in [-0.2, 0) is 19.3 Å². The van der Waals surface area contributed by atoms with Crippen LogP contribution in [0.4, 0.5) is 11.5 Å². The molecule has 1 aliphatic heterocycles.